The van der Waals surface area contributed by atoms with Crippen molar-refractivity contribution in [2.24, 2.45) is 0 Å². The zero-order chi connectivity index (χ0) is 39.3. The normalized spacial score (nSPS) is 13.5. The van der Waals surface area contributed by atoms with Crippen LogP contribution in [0.5, 0.6) is 0 Å². The monoisotopic (exact) mass is 745 g/mol. The molecule has 54 heavy (non-hydrogen) atoms. The molecule has 0 aliphatic rings. The molecule has 0 rings (SSSR count). The van der Waals surface area contributed by atoms with Crippen LogP contribution < -0.4 is 0 Å². The molecule has 0 aliphatic carbocycles. The van der Waals surface area contributed by atoms with Gasteiger partial charge in [0.25, 0.3) is 0 Å². The summed E-state index contributed by atoms with van der Waals surface area (Å²) in [6.45, 7) is 7.25. The fraction of sp³-hybridized carbons (Fsp3) is 0.551. The Labute approximate surface area is 331 Å². The van der Waals surface area contributed by atoms with Gasteiger partial charge in [0, 0.05) is 19.4 Å². The molecule has 0 aliphatic heterocycles. The third kappa shape index (κ3) is 41.1. The lowest BCUT2D eigenvalue weighted by Gasteiger charge is -2.18. The summed E-state index contributed by atoms with van der Waals surface area (Å²) >= 11 is 0. The van der Waals surface area contributed by atoms with Crippen molar-refractivity contribution in [1.82, 2.24) is 0 Å². The van der Waals surface area contributed by atoms with Crippen molar-refractivity contribution in [1.29, 1.82) is 0 Å². The summed E-state index contributed by atoms with van der Waals surface area (Å²) in [5.41, 5.74) is 0. The van der Waals surface area contributed by atoms with E-state index in [0.29, 0.717) is 25.9 Å². The predicted molar refractivity (Wildman–Crippen MR) is 232 cm³/mol. The van der Waals surface area contributed by atoms with E-state index in [4.69, 9.17) is 14.2 Å². The van der Waals surface area contributed by atoms with Gasteiger partial charge < -0.3 is 14.2 Å². The number of hydrogen-bond acceptors (Lipinski definition) is 5. The molecule has 0 bridgehead atoms. The molecule has 5 heteroatoms. The number of carbonyl (C=O) groups excluding carboxylic acids is 2. The molecule has 0 fully saturated rings. The minimum Gasteiger partial charge on any atom is -0.462 e. The highest BCUT2D eigenvalue weighted by Gasteiger charge is 2.17. The Morgan fingerprint density at radius 3 is 1.31 bits per heavy atom. The Morgan fingerprint density at radius 1 is 0.426 bits per heavy atom. The summed E-state index contributed by atoms with van der Waals surface area (Å²) in [4.78, 5) is 24.9. The van der Waals surface area contributed by atoms with E-state index in [2.05, 4.69) is 136 Å². The van der Waals surface area contributed by atoms with Crippen LogP contribution in [0.2, 0.25) is 0 Å². The maximum Gasteiger partial charge on any atom is 0.306 e. The molecule has 0 heterocycles. The molecule has 302 valence electrons. The molecule has 0 amide bonds. The summed E-state index contributed by atoms with van der Waals surface area (Å²) in [6, 6.07) is 0. The first-order valence-corrected chi connectivity index (χ1v) is 21.1. The lowest BCUT2D eigenvalue weighted by molar-refractivity contribution is -0.162. The van der Waals surface area contributed by atoms with Gasteiger partial charge in [-0.05, 0) is 89.9 Å². The number of hydrogen-bond donors (Lipinski definition) is 0. The summed E-state index contributed by atoms with van der Waals surface area (Å²) in [7, 11) is 0. The van der Waals surface area contributed by atoms with Crippen LogP contribution in [-0.2, 0) is 23.8 Å². The summed E-state index contributed by atoms with van der Waals surface area (Å²) in [5, 5.41) is 0. The SMILES string of the molecule is CC/C=C\C/C=C\C/C=C\C/C=C\C/C=C\C/C=C\CCCOCC(COC(=O)CC/C=C\C/C=C\C/C=C\C/C=C\CC)OC(=O)CCCCCCC. The summed E-state index contributed by atoms with van der Waals surface area (Å²) in [6.07, 6.45) is 61.1. The van der Waals surface area contributed by atoms with E-state index in [-0.39, 0.29) is 25.2 Å². The van der Waals surface area contributed by atoms with Gasteiger partial charge in [0.15, 0.2) is 6.10 Å². The highest BCUT2D eigenvalue weighted by atomic mass is 16.6. The third-order valence-electron chi connectivity index (χ3n) is 8.01. The van der Waals surface area contributed by atoms with E-state index in [0.717, 1.165) is 103 Å². The van der Waals surface area contributed by atoms with Crippen molar-refractivity contribution in [3.63, 3.8) is 0 Å². The average molecular weight is 745 g/mol. The highest BCUT2D eigenvalue weighted by Crippen LogP contribution is 2.09. The number of esters is 2. The van der Waals surface area contributed by atoms with Crippen LogP contribution in [0.4, 0.5) is 0 Å². The van der Waals surface area contributed by atoms with Crippen LogP contribution in [0.15, 0.2) is 122 Å². The van der Waals surface area contributed by atoms with Crippen molar-refractivity contribution in [3.8, 4) is 0 Å². The molecule has 0 aromatic heterocycles. The van der Waals surface area contributed by atoms with Crippen LogP contribution in [0.1, 0.15) is 149 Å². The maximum absolute atomic E-state index is 12.5. The minimum atomic E-state index is -0.597. The number of rotatable bonds is 36. The minimum absolute atomic E-state index is 0.0156. The molecule has 0 N–H and O–H groups in total. The number of unbranched alkanes of at least 4 members (excludes halogenated alkanes) is 5. The zero-order valence-electron chi connectivity index (χ0n) is 34.4. The van der Waals surface area contributed by atoms with E-state index < -0.39 is 6.10 Å². The van der Waals surface area contributed by atoms with Gasteiger partial charge in [-0.3, -0.25) is 9.59 Å². The van der Waals surface area contributed by atoms with Gasteiger partial charge in [0.1, 0.15) is 6.61 Å². The molecule has 0 aromatic rings. The van der Waals surface area contributed by atoms with Gasteiger partial charge in [-0.15, -0.1) is 0 Å². The number of carbonyl (C=O) groups is 2. The molecule has 1 unspecified atom stereocenters. The molecule has 0 saturated carbocycles. The molecular weight excluding hydrogens is 669 g/mol. The van der Waals surface area contributed by atoms with Gasteiger partial charge in [-0.25, -0.2) is 0 Å². The predicted octanol–water partition coefficient (Wildman–Crippen LogP) is 13.9. The van der Waals surface area contributed by atoms with Gasteiger partial charge in [0.05, 0.1) is 6.61 Å². The largest absolute Gasteiger partial charge is 0.462 e. The van der Waals surface area contributed by atoms with Crippen LogP contribution in [0, 0.1) is 0 Å². The second kappa shape index (κ2) is 43.7. The Hall–Kier alpha value is -3.70. The molecule has 0 saturated heterocycles. The second-order valence-electron chi connectivity index (χ2n) is 13.1. The molecule has 1 atom stereocenters. The van der Waals surface area contributed by atoms with Gasteiger partial charge in [0.2, 0.25) is 0 Å². The molecule has 5 nitrogen and oxygen atoms in total. The lowest BCUT2D eigenvalue weighted by atomic mass is 10.1. The van der Waals surface area contributed by atoms with Crippen molar-refractivity contribution in [2.45, 2.75) is 155 Å². The van der Waals surface area contributed by atoms with Crippen LogP contribution in [0.25, 0.3) is 0 Å². The Kier molecular flexibility index (Phi) is 40.7. The second-order valence-corrected chi connectivity index (χ2v) is 13.1. The lowest BCUT2D eigenvalue weighted by Crippen LogP contribution is -2.30. The summed E-state index contributed by atoms with van der Waals surface area (Å²) < 4.78 is 17.0. The van der Waals surface area contributed by atoms with Gasteiger partial charge in [-0.2, -0.15) is 0 Å². The zero-order valence-corrected chi connectivity index (χ0v) is 34.4. The Bertz CT molecular complexity index is 1160. The van der Waals surface area contributed by atoms with Crippen molar-refractivity contribution >= 4 is 11.9 Å². The standard InChI is InChI=1S/C49H76O5/c1-4-7-10-13-15-17-19-21-22-23-24-25-26-27-29-31-33-35-38-41-44-52-45-47(54-49(51)43-40-36-12-9-6-3)46-53-48(50)42-39-37-34-32-30-28-20-18-16-14-11-8-5-2/h7-8,10-11,15-18,21-22,24-25,27-30,33-35,37,47H,4-6,9,12-14,19-20,23,26,31-32,36,38-46H2,1-3H3/b10-7-,11-8-,17-15-,18-16-,22-21-,25-24-,29-27-,30-28-,35-33-,37-34-. The molecule has 0 aromatic carbocycles. The van der Waals surface area contributed by atoms with E-state index in [1.807, 2.05) is 6.08 Å². The molecule has 0 spiro atoms. The van der Waals surface area contributed by atoms with E-state index in [1.54, 1.807) is 0 Å². The topological polar surface area (TPSA) is 61.8 Å². The third-order valence-corrected chi connectivity index (χ3v) is 8.01. The number of ether oxygens (including phenoxy) is 3. The quantitative estimate of drug-likeness (QED) is 0.0363. The van der Waals surface area contributed by atoms with Crippen LogP contribution >= 0.6 is 0 Å². The van der Waals surface area contributed by atoms with Crippen molar-refractivity contribution in [3.05, 3.63) is 122 Å². The van der Waals surface area contributed by atoms with Crippen molar-refractivity contribution < 1.29 is 23.8 Å². The fourth-order valence-electron chi connectivity index (χ4n) is 4.95. The van der Waals surface area contributed by atoms with E-state index >= 15 is 0 Å². The van der Waals surface area contributed by atoms with E-state index in [1.165, 1.54) is 6.42 Å². The fourth-order valence-corrected chi connectivity index (χ4v) is 4.95. The summed E-state index contributed by atoms with van der Waals surface area (Å²) in [5.74, 6) is -0.551. The van der Waals surface area contributed by atoms with E-state index in [9.17, 15) is 9.59 Å². The smallest absolute Gasteiger partial charge is 0.306 e. The van der Waals surface area contributed by atoms with Crippen LogP contribution in [0.3, 0.4) is 0 Å². The first-order chi connectivity index (χ1) is 26.6. The average Bonchev–Trinajstić information content (AvgIpc) is 3.17. The maximum atomic E-state index is 12.5. The first kappa shape index (κ1) is 50.3. The molecule has 0 radical (unpaired) electrons. The molecular formula is C49H76O5. The van der Waals surface area contributed by atoms with Gasteiger partial charge >= 0.3 is 11.9 Å². The van der Waals surface area contributed by atoms with Crippen molar-refractivity contribution in [2.75, 3.05) is 19.8 Å². The Balaban J connectivity index is 4.31. The Morgan fingerprint density at radius 2 is 0.852 bits per heavy atom. The number of allylic oxidation sites excluding steroid dienone is 20. The highest BCUT2D eigenvalue weighted by molar-refractivity contribution is 5.70. The van der Waals surface area contributed by atoms with Crippen LogP contribution in [-0.4, -0.2) is 37.9 Å². The van der Waals surface area contributed by atoms with Gasteiger partial charge in [-0.1, -0.05) is 168 Å². The first-order valence-electron chi connectivity index (χ1n) is 21.1.